The zero-order chi connectivity index (χ0) is 9.40. The maximum absolute atomic E-state index is 8.77. The number of likely N-dealkylation sites (N-methyl/N-ethyl adjacent to an activating group) is 1. The Labute approximate surface area is 74.7 Å². The second kappa shape index (κ2) is 7.49. The molecule has 0 aliphatic rings. The molecule has 0 aliphatic carbocycles. The van der Waals surface area contributed by atoms with E-state index in [0.29, 0.717) is 6.54 Å². The van der Waals surface area contributed by atoms with Crippen LogP contribution in [0.3, 0.4) is 0 Å². The molecule has 0 amide bonds. The molecule has 0 saturated heterocycles. The van der Waals surface area contributed by atoms with Gasteiger partial charge in [-0.05, 0) is 20.5 Å². The minimum absolute atomic E-state index is 0.669. The Balaban J connectivity index is 2.91. The third kappa shape index (κ3) is 9.84. The fourth-order valence-electron chi connectivity index (χ4n) is 0.745. The Morgan fingerprint density at radius 3 is 2.25 bits per heavy atom. The van der Waals surface area contributed by atoms with Gasteiger partial charge in [0.1, 0.15) is 0 Å². The average molecular weight is 176 g/mol. The molecule has 0 rings (SSSR count). The smallest absolute Gasteiger partial charge is 0.0593 e. The Bertz CT molecular complexity index is 85.1. The molecule has 0 unspecified atom stereocenters. The molecule has 74 valence electrons. The van der Waals surface area contributed by atoms with Crippen molar-refractivity contribution in [1.29, 1.82) is 0 Å². The Hall–Kier alpha value is -0.160. The van der Waals surface area contributed by atoms with Crippen molar-refractivity contribution in [2.24, 2.45) is 0 Å². The van der Waals surface area contributed by atoms with E-state index >= 15 is 0 Å². The van der Waals surface area contributed by atoms with E-state index in [-0.39, 0.29) is 0 Å². The van der Waals surface area contributed by atoms with Gasteiger partial charge in [-0.15, -0.1) is 0 Å². The molecule has 4 heteroatoms. The average Bonchev–Trinajstić information content (AvgIpc) is 1.95. The van der Waals surface area contributed by atoms with E-state index in [1.54, 1.807) is 7.05 Å². The standard InChI is InChI=1S/C8H20N2O2/c1-9(2)6-8-12-7-4-5-10(3)11/h11H,4-8H2,1-3H3. The zero-order valence-electron chi connectivity index (χ0n) is 8.29. The van der Waals surface area contributed by atoms with E-state index in [1.165, 1.54) is 5.06 Å². The molecule has 12 heavy (non-hydrogen) atoms. The van der Waals surface area contributed by atoms with Gasteiger partial charge in [0.15, 0.2) is 0 Å². The SMILES string of the molecule is CN(C)CCOCCCN(C)O. The summed E-state index contributed by atoms with van der Waals surface area (Å²) >= 11 is 0. The van der Waals surface area contributed by atoms with E-state index in [2.05, 4.69) is 4.90 Å². The highest BCUT2D eigenvalue weighted by Gasteiger charge is 1.93. The Morgan fingerprint density at radius 2 is 1.75 bits per heavy atom. The monoisotopic (exact) mass is 176 g/mol. The van der Waals surface area contributed by atoms with Crippen LogP contribution in [0.25, 0.3) is 0 Å². The number of nitrogens with zero attached hydrogens (tertiary/aromatic N) is 2. The highest BCUT2D eigenvalue weighted by atomic mass is 16.5. The summed E-state index contributed by atoms with van der Waals surface area (Å²) < 4.78 is 5.32. The van der Waals surface area contributed by atoms with Crippen LogP contribution in [0, 0.1) is 0 Å². The largest absolute Gasteiger partial charge is 0.380 e. The summed E-state index contributed by atoms with van der Waals surface area (Å²) in [6, 6.07) is 0. The van der Waals surface area contributed by atoms with Gasteiger partial charge in [-0.1, -0.05) is 0 Å². The summed E-state index contributed by atoms with van der Waals surface area (Å²) in [5, 5.41) is 9.94. The molecular formula is C8H20N2O2. The van der Waals surface area contributed by atoms with Crippen LogP contribution in [0.5, 0.6) is 0 Å². The fraction of sp³-hybridized carbons (Fsp3) is 1.00. The van der Waals surface area contributed by atoms with Crippen molar-refractivity contribution in [3.05, 3.63) is 0 Å². The van der Waals surface area contributed by atoms with Crippen LogP contribution in [0.2, 0.25) is 0 Å². The van der Waals surface area contributed by atoms with Gasteiger partial charge in [0.25, 0.3) is 0 Å². The van der Waals surface area contributed by atoms with E-state index in [1.807, 2.05) is 14.1 Å². The second-order valence-corrected chi connectivity index (χ2v) is 3.15. The molecule has 0 atom stereocenters. The molecule has 0 saturated carbocycles. The lowest BCUT2D eigenvalue weighted by Gasteiger charge is -2.10. The molecule has 0 aromatic carbocycles. The van der Waals surface area contributed by atoms with E-state index in [4.69, 9.17) is 9.94 Å². The molecule has 0 aliphatic heterocycles. The van der Waals surface area contributed by atoms with Crippen molar-refractivity contribution < 1.29 is 9.94 Å². The molecule has 0 aromatic rings. The van der Waals surface area contributed by atoms with Crippen molar-refractivity contribution in [1.82, 2.24) is 9.96 Å². The molecule has 0 bridgehead atoms. The number of rotatable bonds is 7. The first kappa shape index (κ1) is 11.8. The topological polar surface area (TPSA) is 35.9 Å². The first-order valence-corrected chi connectivity index (χ1v) is 4.25. The third-order valence-electron chi connectivity index (χ3n) is 1.45. The van der Waals surface area contributed by atoms with Gasteiger partial charge in [-0.3, -0.25) is 0 Å². The number of hydrogen-bond donors (Lipinski definition) is 1. The predicted octanol–water partition coefficient (Wildman–Crippen LogP) is 0.276. The minimum atomic E-state index is 0.669. The van der Waals surface area contributed by atoms with Crippen molar-refractivity contribution in [3.63, 3.8) is 0 Å². The maximum Gasteiger partial charge on any atom is 0.0593 e. The van der Waals surface area contributed by atoms with Gasteiger partial charge in [0.05, 0.1) is 6.61 Å². The highest BCUT2D eigenvalue weighted by Crippen LogP contribution is 1.85. The first-order valence-electron chi connectivity index (χ1n) is 4.25. The zero-order valence-corrected chi connectivity index (χ0v) is 8.29. The minimum Gasteiger partial charge on any atom is -0.380 e. The normalized spacial score (nSPS) is 11.5. The number of hydroxylamine groups is 2. The quantitative estimate of drug-likeness (QED) is 0.446. The van der Waals surface area contributed by atoms with E-state index in [9.17, 15) is 0 Å². The number of ether oxygens (including phenoxy) is 1. The summed E-state index contributed by atoms with van der Waals surface area (Å²) in [7, 11) is 5.68. The van der Waals surface area contributed by atoms with E-state index < -0.39 is 0 Å². The van der Waals surface area contributed by atoms with Crippen molar-refractivity contribution in [2.45, 2.75) is 6.42 Å². The Morgan fingerprint density at radius 1 is 1.08 bits per heavy atom. The Kier molecular flexibility index (Phi) is 7.39. The maximum atomic E-state index is 8.77. The van der Waals surface area contributed by atoms with Crippen LogP contribution in [-0.2, 0) is 4.74 Å². The van der Waals surface area contributed by atoms with Gasteiger partial charge in [0.2, 0.25) is 0 Å². The van der Waals surface area contributed by atoms with Crippen LogP contribution in [-0.4, -0.2) is 62.6 Å². The molecule has 0 heterocycles. The molecule has 4 nitrogen and oxygen atoms in total. The molecule has 0 fully saturated rings. The lowest BCUT2D eigenvalue weighted by atomic mass is 10.4. The first-order chi connectivity index (χ1) is 5.63. The van der Waals surface area contributed by atoms with Crippen molar-refractivity contribution in [2.75, 3.05) is 47.4 Å². The summed E-state index contributed by atoms with van der Waals surface area (Å²) in [6.45, 7) is 3.11. The lowest BCUT2D eigenvalue weighted by Crippen LogP contribution is -2.20. The summed E-state index contributed by atoms with van der Waals surface area (Å²) in [5.74, 6) is 0. The van der Waals surface area contributed by atoms with Crippen LogP contribution in [0.15, 0.2) is 0 Å². The number of hydrogen-bond acceptors (Lipinski definition) is 4. The van der Waals surface area contributed by atoms with Gasteiger partial charge < -0.3 is 14.8 Å². The van der Waals surface area contributed by atoms with Crippen LogP contribution >= 0.6 is 0 Å². The predicted molar refractivity (Wildman–Crippen MR) is 48.4 cm³/mol. The van der Waals surface area contributed by atoms with Crippen molar-refractivity contribution >= 4 is 0 Å². The van der Waals surface area contributed by atoms with Crippen LogP contribution in [0.1, 0.15) is 6.42 Å². The summed E-state index contributed by atoms with van der Waals surface area (Å²) in [6.07, 6.45) is 0.875. The third-order valence-corrected chi connectivity index (χ3v) is 1.45. The van der Waals surface area contributed by atoms with Gasteiger partial charge in [-0.2, -0.15) is 5.06 Å². The molecule has 0 spiro atoms. The molecule has 1 N–H and O–H groups in total. The van der Waals surface area contributed by atoms with Crippen LogP contribution in [0.4, 0.5) is 0 Å². The van der Waals surface area contributed by atoms with Crippen LogP contribution < -0.4 is 0 Å². The summed E-state index contributed by atoms with van der Waals surface area (Å²) in [4.78, 5) is 2.08. The summed E-state index contributed by atoms with van der Waals surface area (Å²) in [5.41, 5.74) is 0. The molecular weight excluding hydrogens is 156 g/mol. The highest BCUT2D eigenvalue weighted by molar-refractivity contribution is 4.42. The van der Waals surface area contributed by atoms with Gasteiger partial charge >= 0.3 is 0 Å². The second-order valence-electron chi connectivity index (χ2n) is 3.15. The van der Waals surface area contributed by atoms with Gasteiger partial charge in [-0.25, -0.2) is 0 Å². The fourth-order valence-corrected chi connectivity index (χ4v) is 0.745. The van der Waals surface area contributed by atoms with E-state index in [0.717, 1.165) is 26.2 Å². The van der Waals surface area contributed by atoms with Gasteiger partial charge in [0, 0.05) is 26.7 Å². The molecule has 0 radical (unpaired) electrons. The molecule has 0 aromatic heterocycles. The van der Waals surface area contributed by atoms with Crippen molar-refractivity contribution in [3.8, 4) is 0 Å². The lowest BCUT2D eigenvalue weighted by molar-refractivity contribution is -0.0695.